The lowest BCUT2D eigenvalue weighted by Gasteiger charge is -2.20. The van der Waals surface area contributed by atoms with Gasteiger partial charge in [0.2, 0.25) is 0 Å². The van der Waals surface area contributed by atoms with Gasteiger partial charge >= 0.3 is 0 Å². The zero-order valence-electron chi connectivity index (χ0n) is 40.2. The third-order valence-corrected chi connectivity index (χ3v) is 13.3. The summed E-state index contributed by atoms with van der Waals surface area (Å²) in [5.41, 5.74) is 13.4. The maximum atomic E-state index is 11.1. The largest absolute Gasteiger partial charge is 0.308 e. The van der Waals surface area contributed by atoms with Crippen LogP contribution in [0.2, 0.25) is 0 Å². The second-order valence-corrected chi connectivity index (χ2v) is 18.0. The van der Waals surface area contributed by atoms with E-state index in [1.165, 1.54) is 0 Å². The van der Waals surface area contributed by atoms with Crippen LogP contribution in [0.4, 0.5) is 0 Å². The molecule has 350 valence electrons. The van der Waals surface area contributed by atoms with Crippen molar-refractivity contribution in [3.8, 4) is 114 Å². The number of nitrogens with zero attached hydrogens (tertiary/aromatic N) is 9. The Labute approximate surface area is 432 Å². The second-order valence-electron chi connectivity index (χ2n) is 18.0. The van der Waals surface area contributed by atoms with Gasteiger partial charge in [0, 0.05) is 60.8 Å². The Hall–Kier alpha value is -10.6. The van der Waals surface area contributed by atoms with Crippen molar-refractivity contribution < 1.29 is 0 Å². The zero-order chi connectivity index (χ0) is 50.1. The van der Waals surface area contributed by atoms with Crippen molar-refractivity contribution in [3.63, 3.8) is 0 Å². The average Bonchev–Trinajstić information content (AvgIpc) is 3.85. The van der Waals surface area contributed by atoms with E-state index in [-0.39, 0.29) is 0 Å². The molecule has 9 heteroatoms. The van der Waals surface area contributed by atoms with Gasteiger partial charge in [0.1, 0.15) is 0 Å². The normalized spacial score (nSPS) is 11.2. The summed E-state index contributed by atoms with van der Waals surface area (Å²) in [7, 11) is 0. The van der Waals surface area contributed by atoms with Crippen LogP contribution in [0.15, 0.2) is 249 Å². The molecule has 0 saturated heterocycles. The fourth-order valence-corrected chi connectivity index (χ4v) is 9.74. The second kappa shape index (κ2) is 19.2. The molecule has 4 aromatic heterocycles. The number of nitriles is 1. The summed E-state index contributed by atoms with van der Waals surface area (Å²) in [5.74, 6) is 2.81. The van der Waals surface area contributed by atoms with Crippen LogP contribution in [-0.2, 0) is 0 Å². The molecule has 13 aromatic rings. The van der Waals surface area contributed by atoms with Crippen molar-refractivity contribution in [1.29, 1.82) is 5.26 Å². The summed E-state index contributed by atoms with van der Waals surface area (Å²) in [6.07, 6.45) is 0. The van der Waals surface area contributed by atoms with Gasteiger partial charge in [0.25, 0.3) is 0 Å². The van der Waals surface area contributed by atoms with E-state index in [1.54, 1.807) is 0 Å². The predicted molar refractivity (Wildman–Crippen MR) is 299 cm³/mol. The van der Waals surface area contributed by atoms with Gasteiger partial charge in [-0.15, -0.1) is 0 Å². The first-order valence-electron chi connectivity index (χ1n) is 24.6. The molecule has 0 unspecified atom stereocenters. The summed E-state index contributed by atoms with van der Waals surface area (Å²) in [6.45, 7) is 0. The summed E-state index contributed by atoms with van der Waals surface area (Å²) in [5, 5.41) is 13.0. The van der Waals surface area contributed by atoms with E-state index >= 15 is 0 Å². The van der Waals surface area contributed by atoms with Gasteiger partial charge in [-0.3, -0.25) is 0 Å². The summed E-state index contributed by atoms with van der Waals surface area (Å²) < 4.78 is 2.29. The number of aromatic nitrogens is 8. The summed E-state index contributed by atoms with van der Waals surface area (Å²) in [4.78, 5) is 36.4. The van der Waals surface area contributed by atoms with Crippen molar-refractivity contribution in [2.24, 2.45) is 0 Å². The highest BCUT2D eigenvalue weighted by atomic mass is 15.0. The minimum Gasteiger partial charge on any atom is -0.308 e. The van der Waals surface area contributed by atoms with Crippen LogP contribution >= 0.6 is 0 Å². The first kappa shape index (κ1) is 44.4. The monoisotopic (exact) mass is 959 g/mol. The molecule has 0 bridgehead atoms. The standard InChI is InChI=1S/C66H41N9/c67-42-43-37-53(57-40-55(44-21-7-1-8-22-44)68-62(70-57)46-25-11-3-12-26-46)61(54(38-43)58-41-56(45-23-9-2-10-24-45)69-63(71-58)47-27-13-4-14-28-47)75-59-34-20-19-33-51(59)52-39-50(35-36-60(52)75)66-73-64(48-29-15-5-16-30-48)72-65(74-66)49-31-17-6-18-32-49/h1-41H. The van der Waals surface area contributed by atoms with Crippen LogP contribution in [0.1, 0.15) is 5.56 Å². The smallest absolute Gasteiger partial charge is 0.164 e. The van der Waals surface area contributed by atoms with E-state index in [1.807, 2.05) is 182 Å². The third-order valence-electron chi connectivity index (χ3n) is 13.3. The molecule has 0 radical (unpaired) electrons. The van der Waals surface area contributed by atoms with Crippen LogP contribution < -0.4 is 0 Å². The molecule has 0 spiro atoms. The quantitative estimate of drug-likeness (QED) is 0.133. The van der Waals surface area contributed by atoms with E-state index in [0.29, 0.717) is 57.2 Å². The average molecular weight is 960 g/mol. The Kier molecular flexibility index (Phi) is 11.4. The molecule has 0 aliphatic rings. The van der Waals surface area contributed by atoms with Gasteiger partial charge < -0.3 is 4.57 Å². The lowest BCUT2D eigenvalue weighted by Crippen LogP contribution is -2.05. The molecule has 13 rings (SSSR count). The lowest BCUT2D eigenvalue weighted by atomic mass is 9.95. The van der Waals surface area contributed by atoms with Crippen LogP contribution in [0, 0.1) is 11.3 Å². The fourth-order valence-electron chi connectivity index (χ4n) is 9.74. The molecule has 75 heavy (non-hydrogen) atoms. The van der Waals surface area contributed by atoms with Gasteiger partial charge in [0.05, 0.1) is 51.1 Å². The molecule has 0 fully saturated rings. The number of fused-ring (bicyclic) bond motifs is 3. The number of hydrogen-bond acceptors (Lipinski definition) is 8. The molecular formula is C66H41N9. The Morgan fingerprint density at radius 1 is 0.280 bits per heavy atom. The maximum Gasteiger partial charge on any atom is 0.164 e. The first-order valence-corrected chi connectivity index (χ1v) is 24.6. The fraction of sp³-hybridized carbons (Fsp3) is 0. The predicted octanol–water partition coefficient (Wildman–Crippen LogP) is 15.4. The van der Waals surface area contributed by atoms with Gasteiger partial charge in [-0.25, -0.2) is 34.9 Å². The molecule has 0 N–H and O–H groups in total. The molecule has 0 aliphatic heterocycles. The molecule has 0 amide bonds. The van der Waals surface area contributed by atoms with E-state index in [2.05, 4.69) is 77.4 Å². The Morgan fingerprint density at radius 3 is 1.05 bits per heavy atom. The van der Waals surface area contributed by atoms with E-state index in [9.17, 15) is 5.26 Å². The Morgan fingerprint density at radius 2 is 0.627 bits per heavy atom. The third kappa shape index (κ3) is 8.54. The minimum absolute atomic E-state index is 0.437. The van der Waals surface area contributed by atoms with Crippen LogP contribution in [0.25, 0.3) is 129 Å². The molecule has 0 aliphatic carbocycles. The molecule has 9 aromatic carbocycles. The number of benzene rings is 9. The van der Waals surface area contributed by atoms with Crippen molar-refractivity contribution >= 4 is 21.8 Å². The van der Waals surface area contributed by atoms with E-state index < -0.39 is 0 Å². The zero-order valence-corrected chi connectivity index (χ0v) is 40.2. The molecule has 9 nitrogen and oxygen atoms in total. The molecule has 0 atom stereocenters. The molecule has 4 heterocycles. The maximum absolute atomic E-state index is 11.1. The topological polar surface area (TPSA) is 119 Å². The number of para-hydroxylation sites is 1. The SMILES string of the molecule is N#Cc1cc(-c2cc(-c3ccccc3)nc(-c3ccccc3)n2)c(-n2c3ccccc3c3cc(-c4nc(-c5ccccc5)nc(-c5ccccc5)n4)ccc32)c(-c2cc(-c3ccccc3)nc(-c3ccccc3)n2)c1. The van der Waals surface area contributed by atoms with Crippen molar-refractivity contribution in [3.05, 3.63) is 254 Å². The lowest BCUT2D eigenvalue weighted by molar-refractivity contribution is 1.07. The van der Waals surface area contributed by atoms with Gasteiger partial charge in [0.15, 0.2) is 29.1 Å². The van der Waals surface area contributed by atoms with Crippen molar-refractivity contribution in [2.75, 3.05) is 0 Å². The highest BCUT2D eigenvalue weighted by Crippen LogP contribution is 2.44. The van der Waals surface area contributed by atoms with Crippen LogP contribution in [0.5, 0.6) is 0 Å². The molecular weight excluding hydrogens is 919 g/mol. The van der Waals surface area contributed by atoms with Gasteiger partial charge in [-0.05, 0) is 48.5 Å². The van der Waals surface area contributed by atoms with E-state index in [4.69, 9.17) is 34.9 Å². The summed E-state index contributed by atoms with van der Waals surface area (Å²) in [6, 6.07) is 85.6. The van der Waals surface area contributed by atoms with Crippen LogP contribution in [-0.4, -0.2) is 39.5 Å². The minimum atomic E-state index is 0.437. The Bertz CT molecular complexity index is 3950. The first-order chi connectivity index (χ1) is 37.1. The number of hydrogen-bond donors (Lipinski definition) is 0. The van der Waals surface area contributed by atoms with Crippen molar-refractivity contribution in [1.82, 2.24) is 39.5 Å². The number of rotatable bonds is 10. The molecule has 0 saturated carbocycles. The highest BCUT2D eigenvalue weighted by molar-refractivity contribution is 6.11. The van der Waals surface area contributed by atoms with E-state index in [0.717, 1.165) is 77.8 Å². The summed E-state index contributed by atoms with van der Waals surface area (Å²) >= 11 is 0. The van der Waals surface area contributed by atoms with Crippen LogP contribution in [0.3, 0.4) is 0 Å². The Balaban J connectivity index is 1.12. The van der Waals surface area contributed by atoms with Crippen molar-refractivity contribution in [2.45, 2.75) is 0 Å². The highest BCUT2D eigenvalue weighted by Gasteiger charge is 2.26. The van der Waals surface area contributed by atoms with Gasteiger partial charge in [-0.1, -0.05) is 200 Å². The van der Waals surface area contributed by atoms with Gasteiger partial charge in [-0.2, -0.15) is 5.26 Å².